The average molecular weight is 296 g/mol. The number of carbonyl (C=O) groups excluding carboxylic acids is 3. The third-order valence-electron chi connectivity index (χ3n) is 3.54. The number of halogens is 2. The van der Waals surface area contributed by atoms with Crippen molar-refractivity contribution in [3.8, 4) is 0 Å². The van der Waals surface area contributed by atoms with Gasteiger partial charge in [0.2, 0.25) is 11.8 Å². The fourth-order valence-electron chi connectivity index (χ4n) is 2.27. The molecule has 1 aromatic carbocycles. The van der Waals surface area contributed by atoms with Crippen molar-refractivity contribution in [2.75, 3.05) is 6.54 Å². The summed E-state index contributed by atoms with van der Waals surface area (Å²) >= 11 is 0. The van der Waals surface area contributed by atoms with E-state index >= 15 is 0 Å². The number of piperazine rings is 1. The van der Waals surface area contributed by atoms with Gasteiger partial charge in [-0.3, -0.25) is 24.6 Å². The van der Waals surface area contributed by atoms with E-state index in [1.807, 2.05) is 0 Å². The predicted molar refractivity (Wildman–Crippen MR) is 69.5 cm³/mol. The fraction of sp³-hybridized carbons (Fsp3) is 0.357. The van der Waals surface area contributed by atoms with Crippen molar-refractivity contribution >= 4 is 17.6 Å². The zero-order chi connectivity index (χ0) is 15.7. The molecule has 0 saturated carbocycles. The van der Waals surface area contributed by atoms with E-state index in [9.17, 15) is 23.2 Å². The van der Waals surface area contributed by atoms with E-state index in [0.717, 1.165) is 12.1 Å². The molecule has 2 amide bonds. The van der Waals surface area contributed by atoms with Gasteiger partial charge in [-0.05, 0) is 26.0 Å². The average Bonchev–Trinajstić information content (AvgIpc) is 2.41. The highest BCUT2D eigenvalue weighted by molar-refractivity contribution is 6.04. The van der Waals surface area contributed by atoms with Crippen molar-refractivity contribution in [2.24, 2.45) is 0 Å². The van der Waals surface area contributed by atoms with Gasteiger partial charge < -0.3 is 0 Å². The van der Waals surface area contributed by atoms with Crippen molar-refractivity contribution in [1.82, 2.24) is 10.2 Å². The Morgan fingerprint density at radius 1 is 1.38 bits per heavy atom. The summed E-state index contributed by atoms with van der Waals surface area (Å²) in [6.07, 6.45) is 0. The summed E-state index contributed by atoms with van der Waals surface area (Å²) in [5.41, 5.74) is -0.269. The van der Waals surface area contributed by atoms with Crippen molar-refractivity contribution in [3.05, 3.63) is 35.4 Å². The molecule has 0 aliphatic carbocycles. The number of Topliss-reactive ketones (excluding diaryl/α,β-unsaturated/α-hetero) is 1. The minimum Gasteiger partial charge on any atom is -0.294 e. The number of amides is 2. The summed E-state index contributed by atoms with van der Waals surface area (Å²) in [5.74, 6) is -3.38. The number of imide groups is 1. The van der Waals surface area contributed by atoms with Crippen molar-refractivity contribution < 1.29 is 23.2 Å². The van der Waals surface area contributed by atoms with E-state index in [4.69, 9.17) is 0 Å². The van der Waals surface area contributed by atoms with Gasteiger partial charge in [0.25, 0.3) is 0 Å². The second kappa shape index (κ2) is 5.69. The van der Waals surface area contributed by atoms with Crippen LogP contribution in [0.3, 0.4) is 0 Å². The number of rotatable bonds is 3. The van der Waals surface area contributed by atoms with Crippen LogP contribution in [0.5, 0.6) is 0 Å². The molecule has 2 atom stereocenters. The van der Waals surface area contributed by atoms with Crippen LogP contribution in [0.25, 0.3) is 0 Å². The molecule has 5 nitrogen and oxygen atoms in total. The van der Waals surface area contributed by atoms with Crippen molar-refractivity contribution in [3.63, 3.8) is 0 Å². The first kappa shape index (κ1) is 15.2. The van der Waals surface area contributed by atoms with Crippen molar-refractivity contribution in [2.45, 2.75) is 25.9 Å². The van der Waals surface area contributed by atoms with Gasteiger partial charge in [0.05, 0.1) is 24.2 Å². The van der Waals surface area contributed by atoms with Gasteiger partial charge in [-0.15, -0.1) is 0 Å². The number of hydrogen-bond donors (Lipinski definition) is 1. The third-order valence-corrected chi connectivity index (χ3v) is 3.54. The van der Waals surface area contributed by atoms with Gasteiger partial charge in [0.15, 0.2) is 5.78 Å². The Morgan fingerprint density at radius 3 is 2.67 bits per heavy atom. The first-order chi connectivity index (χ1) is 9.81. The SMILES string of the molecule is CC1C(=O)NC(=O)CN1C(C)C(=O)c1ccc(F)cc1F. The van der Waals surface area contributed by atoms with E-state index in [2.05, 4.69) is 5.32 Å². The van der Waals surface area contributed by atoms with Gasteiger partial charge in [-0.1, -0.05) is 0 Å². The molecule has 7 heteroatoms. The summed E-state index contributed by atoms with van der Waals surface area (Å²) < 4.78 is 26.5. The van der Waals surface area contributed by atoms with E-state index in [-0.39, 0.29) is 12.1 Å². The van der Waals surface area contributed by atoms with E-state index in [0.29, 0.717) is 6.07 Å². The summed E-state index contributed by atoms with van der Waals surface area (Å²) in [7, 11) is 0. The maximum atomic E-state index is 13.7. The molecule has 0 bridgehead atoms. The fourth-order valence-corrected chi connectivity index (χ4v) is 2.27. The molecule has 112 valence electrons. The summed E-state index contributed by atoms with van der Waals surface area (Å²) in [6.45, 7) is 2.89. The Hall–Kier alpha value is -2.15. The quantitative estimate of drug-likeness (QED) is 0.664. The Bertz CT molecular complexity index is 618. The maximum absolute atomic E-state index is 13.7. The van der Waals surface area contributed by atoms with Crippen LogP contribution in [-0.4, -0.2) is 41.1 Å². The minimum absolute atomic E-state index is 0.136. The number of carbonyl (C=O) groups is 3. The topological polar surface area (TPSA) is 66.5 Å². The molecule has 1 N–H and O–H groups in total. The lowest BCUT2D eigenvalue weighted by Gasteiger charge is -2.35. The Labute approximate surface area is 119 Å². The molecule has 1 aliphatic heterocycles. The van der Waals surface area contributed by atoms with E-state index < -0.39 is 41.3 Å². The molecule has 1 aliphatic rings. The first-order valence-corrected chi connectivity index (χ1v) is 6.40. The minimum atomic E-state index is -0.965. The van der Waals surface area contributed by atoms with E-state index in [1.54, 1.807) is 6.92 Å². The monoisotopic (exact) mass is 296 g/mol. The van der Waals surface area contributed by atoms with Crippen molar-refractivity contribution in [1.29, 1.82) is 0 Å². The molecule has 2 unspecified atom stereocenters. The van der Waals surface area contributed by atoms with Gasteiger partial charge in [-0.2, -0.15) is 0 Å². The largest absolute Gasteiger partial charge is 0.294 e. The van der Waals surface area contributed by atoms with Gasteiger partial charge in [-0.25, -0.2) is 8.78 Å². The van der Waals surface area contributed by atoms with Crippen LogP contribution in [0.4, 0.5) is 8.78 Å². The number of ketones is 1. The summed E-state index contributed by atoms with van der Waals surface area (Å²) in [6, 6.07) is 1.10. The molecule has 1 fully saturated rings. The van der Waals surface area contributed by atoms with Crippen LogP contribution in [-0.2, 0) is 9.59 Å². The Balaban J connectivity index is 2.26. The molecule has 21 heavy (non-hydrogen) atoms. The molecule has 1 heterocycles. The lowest BCUT2D eigenvalue weighted by atomic mass is 10.0. The highest BCUT2D eigenvalue weighted by atomic mass is 19.1. The lowest BCUT2D eigenvalue weighted by Crippen LogP contribution is -2.60. The highest BCUT2D eigenvalue weighted by Gasteiger charge is 2.36. The van der Waals surface area contributed by atoms with Gasteiger partial charge in [0.1, 0.15) is 11.6 Å². The van der Waals surface area contributed by atoms with Gasteiger partial charge >= 0.3 is 0 Å². The molecule has 0 spiro atoms. The predicted octanol–water partition coefficient (Wildman–Crippen LogP) is 0.883. The standard InChI is InChI=1S/C14H14F2N2O3/c1-7(18-6-12(19)17-14(21)8(18)2)13(20)10-4-3-9(15)5-11(10)16/h3-5,7-8H,6H2,1-2H3,(H,17,19,21). The first-order valence-electron chi connectivity index (χ1n) is 6.40. The van der Waals surface area contributed by atoms with Crippen LogP contribution in [0.15, 0.2) is 18.2 Å². The number of benzene rings is 1. The highest BCUT2D eigenvalue weighted by Crippen LogP contribution is 2.17. The second-order valence-electron chi connectivity index (χ2n) is 4.93. The van der Waals surface area contributed by atoms with Crippen LogP contribution in [0.1, 0.15) is 24.2 Å². The zero-order valence-electron chi connectivity index (χ0n) is 11.5. The Morgan fingerprint density at radius 2 is 2.05 bits per heavy atom. The number of nitrogens with zero attached hydrogens (tertiary/aromatic N) is 1. The smallest absolute Gasteiger partial charge is 0.243 e. The lowest BCUT2D eigenvalue weighted by molar-refractivity contribution is -0.140. The maximum Gasteiger partial charge on any atom is 0.243 e. The van der Waals surface area contributed by atoms with Gasteiger partial charge in [0, 0.05) is 6.07 Å². The van der Waals surface area contributed by atoms with Crippen LogP contribution >= 0.6 is 0 Å². The molecular formula is C14H14F2N2O3. The Kier molecular flexibility index (Phi) is 4.13. The van der Waals surface area contributed by atoms with Crippen LogP contribution in [0.2, 0.25) is 0 Å². The van der Waals surface area contributed by atoms with Crippen LogP contribution in [0, 0.1) is 11.6 Å². The van der Waals surface area contributed by atoms with Crippen LogP contribution < -0.4 is 5.32 Å². The zero-order valence-corrected chi connectivity index (χ0v) is 11.5. The summed E-state index contributed by atoms with van der Waals surface area (Å²) in [5, 5.41) is 2.16. The molecule has 1 aromatic rings. The number of nitrogens with one attached hydrogen (secondary N) is 1. The molecule has 2 rings (SSSR count). The molecule has 0 aromatic heterocycles. The number of hydrogen-bond acceptors (Lipinski definition) is 4. The summed E-state index contributed by atoms with van der Waals surface area (Å²) in [4.78, 5) is 36.6. The van der Waals surface area contributed by atoms with E-state index in [1.165, 1.54) is 11.8 Å². The normalized spacial score (nSPS) is 21.0. The molecular weight excluding hydrogens is 282 g/mol. The second-order valence-corrected chi connectivity index (χ2v) is 4.93. The molecule has 0 radical (unpaired) electrons. The molecule has 1 saturated heterocycles. The third kappa shape index (κ3) is 2.97.